The van der Waals surface area contributed by atoms with Gasteiger partial charge in [-0.3, -0.25) is 4.57 Å². The molecule has 0 spiro atoms. The van der Waals surface area contributed by atoms with Crippen molar-refractivity contribution in [3.8, 4) is 0 Å². The van der Waals surface area contributed by atoms with Gasteiger partial charge in [-0.25, -0.2) is 0 Å². The van der Waals surface area contributed by atoms with Gasteiger partial charge in [0.05, 0.1) is 4.77 Å². The van der Waals surface area contributed by atoms with Crippen molar-refractivity contribution in [1.82, 2.24) is 0 Å². The molecule has 2 nitrogen and oxygen atoms in total. The average molecular weight is 169 g/mol. The smallest absolute Gasteiger partial charge is 0.242 e. The molecule has 0 saturated carbocycles. The van der Waals surface area contributed by atoms with Crippen molar-refractivity contribution in [3.63, 3.8) is 0 Å². The fourth-order valence-corrected chi connectivity index (χ4v) is 1.76. The number of hydrogen-bond acceptors (Lipinski definition) is 2. The fourth-order valence-electron chi connectivity index (χ4n) is 0.400. The third-order valence-electron chi connectivity index (χ3n) is 1.08. The highest BCUT2D eigenvalue weighted by molar-refractivity contribution is 7.65. The summed E-state index contributed by atoms with van der Waals surface area (Å²) in [7, 11) is -1.31. The second kappa shape index (κ2) is 3.40. The summed E-state index contributed by atoms with van der Waals surface area (Å²) in [6.07, 6.45) is 0.409. The van der Waals surface area contributed by atoms with Gasteiger partial charge < -0.3 is 4.52 Å². The Balaban J connectivity index is 4.30. The Bertz CT molecular complexity index is 147. The second-order valence-electron chi connectivity index (χ2n) is 1.55. The lowest BCUT2D eigenvalue weighted by Crippen LogP contribution is -1.86. The van der Waals surface area contributed by atoms with Crippen molar-refractivity contribution < 1.29 is 9.09 Å². The zero-order chi connectivity index (χ0) is 7.49. The molecule has 0 aromatic heterocycles. The highest BCUT2D eigenvalue weighted by Crippen LogP contribution is 2.54. The fraction of sp³-hybridized carbons (Fsp3) is 0.600. The maximum absolute atomic E-state index is 11.2. The lowest BCUT2D eigenvalue weighted by molar-refractivity contribution is 0.402. The molecule has 0 amide bonds. The zero-order valence-electron chi connectivity index (χ0n) is 5.56. The van der Waals surface area contributed by atoms with E-state index in [0.717, 1.165) is 0 Å². The quantitative estimate of drug-likeness (QED) is 0.606. The van der Waals surface area contributed by atoms with Crippen molar-refractivity contribution in [1.29, 1.82) is 0 Å². The highest BCUT2D eigenvalue weighted by atomic mass is 35.5. The topological polar surface area (TPSA) is 26.3 Å². The van der Waals surface area contributed by atoms with Crippen molar-refractivity contribution >= 4 is 19.0 Å². The minimum Gasteiger partial charge on any atom is -0.328 e. The molecule has 1 atom stereocenters. The largest absolute Gasteiger partial charge is 0.328 e. The van der Waals surface area contributed by atoms with Crippen LogP contribution in [0.5, 0.6) is 0 Å². The molecule has 0 fully saturated rings. The first-order chi connectivity index (χ1) is 4.06. The van der Waals surface area contributed by atoms with Gasteiger partial charge in [-0.15, -0.1) is 0 Å². The molecular weight excluding hydrogens is 158 g/mol. The summed E-state index contributed by atoms with van der Waals surface area (Å²) < 4.78 is 16.0. The molecule has 0 radical (unpaired) electrons. The normalized spacial score (nSPS) is 16.8. The predicted molar refractivity (Wildman–Crippen MR) is 40.1 cm³/mol. The standard InChI is InChI=1S/C5H10ClO2P/c1-4-9(7,8-3)5(2)6/h2,4H2,1,3H3. The Morgan fingerprint density at radius 2 is 2.33 bits per heavy atom. The van der Waals surface area contributed by atoms with Crippen molar-refractivity contribution in [2.24, 2.45) is 0 Å². The molecule has 0 bridgehead atoms. The van der Waals surface area contributed by atoms with Crippen LogP contribution in [0.2, 0.25) is 0 Å². The molecule has 54 valence electrons. The summed E-state index contributed by atoms with van der Waals surface area (Å²) in [4.78, 5) is 0. The van der Waals surface area contributed by atoms with Crippen molar-refractivity contribution in [3.05, 3.63) is 11.4 Å². The molecule has 0 aliphatic rings. The first kappa shape index (κ1) is 9.22. The van der Waals surface area contributed by atoms with Crippen LogP contribution in [-0.4, -0.2) is 13.3 Å². The van der Waals surface area contributed by atoms with E-state index in [4.69, 9.17) is 11.6 Å². The lowest BCUT2D eigenvalue weighted by atomic mass is 11.0. The molecular formula is C5H10ClO2P. The van der Waals surface area contributed by atoms with E-state index >= 15 is 0 Å². The van der Waals surface area contributed by atoms with E-state index in [9.17, 15) is 4.57 Å². The second-order valence-corrected chi connectivity index (χ2v) is 5.15. The van der Waals surface area contributed by atoms with E-state index in [1.54, 1.807) is 6.92 Å². The van der Waals surface area contributed by atoms with Crippen molar-refractivity contribution in [2.45, 2.75) is 6.92 Å². The minimum atomic E-state index is -2.68. The van der Waals surface area contributed by atoms with E-state index < -0.39 is 7.37 Å². The Hall–Kier alpha value is 0.220. The summed E-state index contributed by atoms with van der Waals surface area (Å²) in [5.41, 5.74) is 0. The van der Waals surface area contributed by atoms with Crippen LogP contribution in [0.4, 0.5) is 0 Å². The van der Waals surface area contributed by atoms with Gasteiger partial charge >= 0.3 is 0 Å². The van der Waals surface area contributed by atoms with E-state index in [2.05, 4.69) is 11.1 Å². The molecule has 0 aromatic carbocycles. The molecule has 0 aliphatic carbocycles. The number of hydrogen-bond donors (Lipinski definition) is 0. The molecule has 0 saturated heterocycles. The summed E-state index contributed by atoms with van der Waals surface area (Å²) in [5, 5.41) is 0. The van der Waals surface area contributed by atoms with Gasteiger partial charge in [-0.1, -0.05) is 25.1 Å². The highest BCUT2D eigenvalue weighted by Gasteiger charge is 2.20. The maximum Gasteiger partial charge on any atom is 0.242 e. The Morgan fingerprint density at radius 1 is 1.89 bits per heavy atom. The zero-order valence-corrected chi connectivity index (χ0v) is 7.21. The maximum atomic E-state index is 11.2. The van der Waals surface area contributed by atoms with E-state index in [-0.39, 0.29) is 4.77 Å². The van der Waals surface area contributed by atoms with Crippen LogP contribution in [0.25, 0.3) is 0 Å². The van der Waals surface area contributed by atoms with Crippen LogP contribution >= 0.6 is 19.0 Å². The van der Waals surface area contributed by atoms with Crippen LogP contribution in [0.1, 0.15) is 6.92 Å². The SMILES string of the molecule is C=C(Cl)P(=O)(CC)OC. The minimum absolute atomic E-state index is 0.118. The lowest BCUT2D eigenvalue weighted by Gasteiger charge is -2.10. The molecule has 0 N–H and O–H groups in total. The summed E-state index contributed by atoms with van der Waals surface area (Å²) in [6, 6.07) is 0. The Morgan fingerprint density at radius 3 is 2.33 bits per heavy atom. The Kier molecular flexibility index (Phi) is 3.49. The van der Waals surface area contributed by atoms with Crippen LogP contribution < -0.4 is 0 Å². The summed E-state index contributed by atoms with van der Waals surface area (Å²) >= 11 is 5.40. The number of rotatable bonds is 3. The van der Waals surface area contributed by atoms with E-state index in [1.165, 1.54) is 7.11 Å². The molecule has 9 heavy (non-hydrogen) atoms. The average Bonchev–Trinajstić information content (AvgIpc) is 1.86. The van der Waals surface area contributed by atoms with Crippen LogP contribution in [0.15, 0.2) is 11.4 Å². The van der Waals surface area contributed by atoms with Crippen LogP contribution in [0, 0.1) is 0 Å². The van der Waals surface area contributed by atoms with Gasteiger partial charge in [-0.2, -0.15) is 0 Å². The third-order valence-corrected chi connectivity index (χ3v) is 4.02. The molecule has 0 heterocycles. The predicted octanol–water partition coefficient (Wildman–Crippen LogP) is 2.64. The van der Waals surface area contributed by atoms with E-state index in [1.807, 2.05) is 0 Å². The summed E-state index contributed by atoms with van der Waals surface area (Å²) in [6.45, 7) is 5.09. The first-order valence-corrected chi connectivity index (χ1v) is 4.75. The van der Waals surface area contributed by atoms with Gasteiger partial charge in [0.15, 0.2) is 0 Å². The molecule has 4 heteroatoms. The van der Waals surface area contributed by atoms with Gasteiger partial charge in [0.2, 0.25) is 7.37 Å². The molecule has 1 unspecified atom stereocenters. The van der Waals surface area contributed by atoms with Crippen LogP contribution in [-0.2, 0) is 9.09 Å². The molecule has 0 aliphatic heterocycles. The third kappa shape index (κ3) is 2.13. The van der Waals surface area contributed by atoms with Crippen molar-refractivity contribution in [2.75, 3.05) is 13.3 Å². The Labute approximate surface area is 60.3 Å². The van der Waals surface area contributed by atoms with E-state index in [0.29, 0.717) is 6.16 Å². The van der Waals surface area contributed by atoms with Gasteiger partial charge in [-0.05, 0) is 0 Å². The number of halogens is 1. The summed E-state index contributed by atoms with van der Waals surface area (Å²) in [5.74, 6) is 0. The van der Waals surface area contributed by atoms with Gasteiger partial charge in [0.25, 0.3) is 0 Å². The molecule has 0 aromatic rings. The van der Waals surface area contributed by atoms with Crippen LogP contribution in [0.3, 0.4) is 0 Å². The monoisotopic (exact) mass is 168 g/mol. The molecule has 0 rings (SSSR count). The van der Waals surface area contributed by atoms with Gasteiger partial charge in [0, 0.05) is 13.3 Å². The van der Waals surface area contributed by atoms with Gasteiger partial charge in [0.1, 0.15) is 0 Å². The first-order valence-electron chi connectivity index (χ1n) is 2.56.